The Kier molecular flexibility index (Phi) is 4.91. The highest BCUT2D eigenvalue weighted by Crippen LogP contribution is 1.85. The lowest BCUT2D eigenvalue weighted by Crippen LogP contribution is -2.50. The van der Waals surface area contributed by atoms with Gasteiger partial charge in [-0.25, -0.2) is 4.72 Å². The van der Waals surface area contributed by atoms with Gasteiger partial charge in [-0.3, -0.25) is 0 Å². The molecule has 0 rings (SSSR count). The van der Waals surface area contributed by atoms with Crippen molar-refractivity contribution in [2.75, 3.05) is 20.6 Å². The average Bonchev–Trinajstić information content (AvgIpc) is 2.01. The number of nitrogens with zero attached hydrogens (tertiary/aromatic N) is 1. The number of hydrazine groups is 1. The van der Waals surface area contributed by atoms with E-state index in [4.69, 9.17) is 0 Å². The highest BCUT2D eigenvalue weighted by Gasteiger charge is 2.16. The Balaban J connectivity index is 4.34. The van der Waals surface area contributed by atoms with Crippen LogP contribution in [0.5, 0.6) is 0 Å². The van der Waals surface area contributed by atoms with Crippen LogP contribution in [0.1, 0.15) is 6.92 Å². The van der Waals surface area contributed by atoms with Crippen molar-refractivity contribution in [3.05, 3.63) is 0 Å². The Morgan fingerprint density at radius 2 is 1.57 bits per heavy atom. The number of rotatable bonds is 6. The third-order valence-electron chi connectivity index (χ3n) is 1.12. The lowest BCUT2D eigenvalue weighted by Gasteiger charge is -2.13. The number of hydrogen-bond acceptors (Lipinski definition) is 4. The molecule has 0 heterocycles. The van der Waals surface area contributed by atoms with Crippen molar-refractivity contribution in [2.45, 2.75) is 6.92 Å². The smallest absolute Gasteiger partial charge is 0.202 e. The molecule has 0 saturated heterocycles. The zero-order chi connectivity index (χ0) is 11.4. The van der Waals surface area contributed by atoms with Gasteiger partial charge in [0.2, 0.25) is 0 Å². The van der Waals surface area contributed by atoms with Crippen LogP contribution >= 0.6 is 0 Å². The molecule has 0 aliphatic heterocycles. The topological polar surface area (TPSA) is 108 Å². The maximum atomic E-state index is 11.0. The lowest BCUT2D eigenvalue weighted by atomic mass is 10.8. The van der Waals surface area contributed by atoms with E-state index < -0.39 is 20.4 Å². The molecular formula is C4H14N4O4S2. The van der Waals surface area contributed by atoms with Gasteiger partial charge in [-0.15, -0.1) is 9.66 Å². The first-order valence-electron chi connectivity index (χ1n) is 3.67. The minimum Gasteiger partial charge on any atom is -0.202 e. The van der Waals surface area contributed by atoms with Crippen molar-refractivity contribution in [3.8, 4) is 0 Å². The zero-order valence-corrected chi connectivity index (χ0v) is 9.74. The first kappa shape index (κ1) is 13.7. The SMILES string of the molecule is CCNS(=O)(=O)NNS(=O)(=O)N(C)C. The van der Waals surface area contributed by atoms with Gasteiger partial charge in [-0.05, 0) is 0 Å². The molecule has 0 aliphatic rings. The summed E-state index contributed by atoms with van der Waals surface area (Å²) in [6.45, 7) is 1.73. The van der Waals surface area contributed by atoms with Gasteiger partial charge in [0.1, 0.15) is 0 Å². The molecule has 0 spiro atoms. The Hall–Kier alpha value is -0.260. The summed E-state index contributed by atoms with van der Waals surface area (Å²) in [6, 6.07) is 0. The van der Waals surface area contributed by atoms with Gasteiger partial charge in [-0.1, -0.05) is 6.92 Å². The molecule has 0 unspecified atom stereocenters. The molecule has 10 heteroatoms. The highest BCUT2D eigenvalue weighted by molar-refractivity contribution is 7.90. The molecule has 0 aliphatic carbocycles. The normalized spacial score (nSPS) is 13.4. The van der Waals surface area contributed by atoms with E-state index in [9.17, 15) is 16.8 Å². The van der Waals surface area contributed by atoms with Crippen molar-refractivity contribution in [1.82, 2.24) is 18.7 Å². The summed E-state index contributed by atoms with van der Waals surface area (Å²) in [5, 5.41) is 0. The van der Waals surface area contributed by atoms with Gasteiger partial charge in [0.15, 0.2) is 0 Å². The van der Waals surface area contributed by atoms with E-state index in [2.05, 4.69) is 0 Å². The van der Waals surface area contributed by atoms with Crippen molar-refractivity contribution in [2.24, 2.45) is 0 Å². The van der Waals surface area contributed by atoms with Crippen LogP contribution in [-0.2, 0) is 20.4 Å². The fourth-order valence-corrected chi connectivity index (χ4v) is 1.92. The predicted octanol–water partition coefficient (Wildman–Crippen LogP) is -2.26. The van der Waals surface area contributed by atoms with Gasteiger partial charge in [0.05, 0.1) is 0 Å². The van der Waals surface area contributed by atoms with Crippen molar-refractivity contribution in [1.29, 1.82) is 0 Å². The first-order chi connectivity index (χ1) is 6.21. The maximum Gasteiger partial charge on any atom is 0.292 e. The Morgan fingerprint density at radius 1 is 1.07 bits per heavy atom. The van der Waals surface area contributed by atoms with Crippen LogP contribution in [0.3, 0.4) is 0 Å². The largest absolute Gasteiger partial charge is 0.292 e. The first-order valence-corrected chi connectivity index (χ1v) is 6.59. The predicted molar refractivity (Wildman–Crippen MR) is 51.5 cm³/mol. The summed E-state index contributed by atoms with van der Waals surface area (Å²) in [7, 11) is -5.08. The molecule has 3 N–H and O–H groups in total. The van der Waals surface area contributed by atoms with Crippen LogP contribution in [-0.4, -0.2) is 41.8 Å². The molecule has 0 saturated carbocycles. The second-order valence-electron chi connectivity index (χ2n) is 2.49. The van der Waals surface area contributed by atoms with E-state index in [1.807, 2.05) is 4.72 Å². The Bertz CT molecular complexity index is 359. The molecule has 0 amide bonds. The highest BCUT2D eigenvalue weighted by atomic mass is 32.2. The van der Waals surface area contributed by atoms with Crippen LogP contribution < -0.4 is 14.4 Å². The molecule has 0 aromatic heterocycles. The lowest BCUT2D eigenvalue weighted by molar-refractivity contribution is 0.496. The summed E-state index contributed by atoms with van der Waals surface area (Å²) in [5.41, 5.74) is 0. The Morgan fingerprint density at radius 3 is 1.93 bits per heavy atom. The van der Waals surface area contributed by atoms with Crippen LogP contribution in [0, 0.1) is 0 Å². The molecule has 0 aromatic carbocycles. The van der Waals surface area contributed by atoms with Gasteiger partial charge in [0, 0.05) is 20.6 Å². The summed E-state index contributed by atoms with van der Waals surface area (Å²) in [6.07, 6.45) is 0. The van der Waals surface area contributed by atoms with E-state index >= 15 is 0 Å². The second kappa shape index (κ2) is 5.00. The van der Waals surface area contributed by atoms with Crippen molar-refractivity contribution < 1.29 is 16.8 Å². The molecule has 8 nitrogen and oxygen atoms in total. The van der Waals surface area contributed by atoms with Gasteiger partial charge in [-0.2, -0.15) is 21.1 Å². The quantitative estimate of drug-likeness (QED) is 0.460. The molecular weight excluding hydrogens is 232 g/mol. The summed E-state index contributed by atoms with van der Waals surface area (Å²) >= 11 is 0. The average molecular weight is 246 g/mol. The van der Waals surface area contributed by atoms with E-state index in [1.54, 1.807) is 16.6 Å². The van der Waals surface area contributed by atoms with Crippen LogP contribution in [0.15, 0.2) is 0 Å². The molecule has 0 radical (unpaired) electrons. The third kappa shape index (κ3) is 4.83. The number of nitrogens with one attached hydrogen (secondary N) is 3. The fourth-order valence-electron chi connectivity index (χ4n) is 0.425. The minimum absolute atomic E-state index is 0.166. The summed E-state index contributed by atoms with van der Waals surface area (Å²) in [5.74, 6) is 0. The molecule has 0 bridgehead atoms. The standard InChI is InChI=1S/C4H14N4O4S2/c1-4-5-13(9,10)6-7-14(11,12)8(2)3/h5-7H,4H2,1-3H3. The third-order valence-corrected chi connectivity index (χ3v) is 3.61. The molecule has 0 atom stereocenters. The van der Waals surface area contributed by atoms with E-state index in [-0.39, 0.29) is 6.54 Å². The minimum atomic E-state index is -3.82. The molecule has 0 aromatic rings. The summed E-state index contributed by atoms with van der Waals surface area (Å²) in [4.78, 5) is 3.34. The van der Waals surface area contributed by atoms with Crippen molar-refractivity contribution >= 4 is 20.4 Å². The monoisotopic (exact) mass is 246 g/mol. The molecule has 0 fully saturated rings. The van der Waals surface area contributed by atoms with E-state index in [1.165, 1.54) is 14.1 Å². The van der Waals surface area contributed by atoms with Crippen molar-refractivity contribution in [3.63, 3.8) is 0 Å². The van der Waals surface area contributed by atoms with Crippen LogP contribution in [0.2, 0.25) is 0 Å². The molecule has 14 heavy (non-hydrogen) atoms. The van der Waals surface area contributed by atoms with Crippen LogP contribution in [0.4, 0.5) is 0 Å². The van der Waals surface area contributed by atoms with E-state index in [0.717, 1.165) is 4.31 Å². The summed E-state index contributed by atoms with van der Waals surface area (Å²) < 4.78 is 46.8. The van der Waals surface area contributed by atoms with Gasteiger partial charge in [0.25, 0.3) is 20.4 Å². The van der Waals surface area contributed by atoms with E-state index in [0.29, 0.717) is 0 Å². The number of hydrogen-bond donors (Lipinski definition) is 3. The Labute approximate surface area is 84.0 Å². The second-order valence-corrected chi connectivity index (χ2v) is 5.88. The fraction of sp³-hybridized carbons (Fsp3) is 1.00. The maximum absolute atomic E-state index is 11.0. The van der Waals surface area contributed by atoms with Gasteiger partial charge < -0.3 is 0 Å². The van der Waals surface area contributed by atoms with Crippen LogP contribution in [0.25, 0.3) is 0 Å². The molecule has 86 valence electrons. The zero-order valence-electron chi connectivity index (χ0n) is 8.10. The van der Waals surface area contributed by atoms with Gasteiger partial charge >= 0.3 is 0 Å².